The second-order valence-electron chi connectivity index (χ2n) is 9.31. The number of nitrogens with one attached hydrogen (secondary N) is 1. The summed E-state index contributed by atoms with van der Waals surface area (Å²) >= 11 is 5.98. The number of rotatable bonds is 6. The number of aliphatic carboxylic acids is 1. The molecule has 0 saturated carbocycles. The van der Waals surface area contributed by atoms with Crippen LogP contribution in [-0.4, -0.2) is 37.1 Å². The van der Waals surface area contributed by atoms with Gasteiger partial charge in [-0.25, -0.2) is 9.59 Å². The van der Waals surface area contributed by atoms with E-state index in [1.54, 1.807) is 45.0 Å². The average Bonchev–Trinajstić information content (AvgIpc) is 2.48. The molecule has 1 rings (SSSR count). The number of ether oxygens (including phenoxy) is 1. The van der Waals surface area contributed by atoms with E-state index in [4.69, 9.17) is 20.8 Å². The van der Waals surface area contributed by atoms with Gasteiger partial charge in [-0.15, -0.1) is 0 Å². The number of carboxylic acids is 1. The van der Waals surface area contributed by atoms with E-state index in [2.05, 4.69) is 26.1 Å². The van der Waals surface area contributed by atoms with Crippen LogP contribution < -0.4 is 5.32 Å². The first-order valence-corrected chi connectivity index (χ1v) is 12.5. The zero-order valence-electron chi connectivity index (χ0n) is 17.9. The summed E-state index contributed by atoms with van der Waals surface area (Å²) in [5.41, 5.74) is -0.124. The van der Waals surface area contributed by atoms with Gasteiger partial charge in [0.2, 0.25) is 0 Å². The maximum Gasteiger partial charge on any atom is 0.408 e. The van der Waals surface area contributed by atoms with Crippen LogP contribution in [0, 0.1) is 0 Å². The smallest absolute Gasteiger partial charge is 0.408 e. The van der Waals surface area contributed by atoms with E-state index < -0.39 is 38.1 Å². The van der Waals surface area contributed by atoms with Crippen LogP contribution in [0.15, 0.2) is 24.3 Å². The van der Waals surface area contributed by atoms with Crippen molar-refractivity contribution in [2.24, 2.45) is 0 Å². The van der Waals surface area contributed by atoms with E-state index in [0.29, 0.717) is 10.6 Å². The Morgan fingerprint density at radius 3 is 1.96 bits per heavy atom. The van der Waals surface area contributed by atoms with Crippen LogP contribution in [0.3, 0.4) is 0 Å². The molecule has 28 heavy (non-hydrogen) atoms. The molecule has 8 heteroatoms. The third-order valence-electron chi connectivity index (χ3n) is 4.67. The number of hydrogen-bond acceptors (Lipinski definition) is 4. The number of hydrogen-bond donors (Lipinski definition) is 2. The summed E-state index contributed by atoms with van der Waals surface area (Å²) in [6, 6.07) is 5.46. The molecule has 0 spiro atoms. The molecule has 2 N–H and O–H groups in total. The summed E-state index contributed by atoms with van der Waals surface area (Å²) < 4.78 is 11.7. The number of alkyl carbamates (subject to hydrolysis) is 1. The number of carbonyl (C=O) groups excluding carboxylic acids is 1. The number of halogens is 1. The van der Waals surface area contributed by atoms with Crippen LogP contribution in [0.5, 0.6) is 0 Å². The Morgan fingerprint density at radius 1 is 1.07 bits per heavy atom. The molecule has 0 bridgehead atoms. The fourth-order valence-electron chi connectivity index (χ4n) is 2.18. The lowest BCUT2D eigenvalue weighted by Crippen LogP contribution is -2.51. The van der Waals surface area contributed by atoms with Gasteiger partial charge in [0.15, 0.2) is 14.4 Å². The van der Waals surface area contributed by atoms with Gasteiger partial charge in [0.05, 0.1) is 0 Å². The Hall–Kier alpha value is -1.57. The lowest BCUT2D eigenvalue weighted by atomic mass is 10.0. The third-order valence-corrected chi connectivity index (χ3v) is 9.37. The molecule has 0 heterocycles. The standard InChI is InChI=1S/C20H32ClNO5Si/c1-19(2,3)26-18(25)22-15(17(23)24)16(13-9-11-14(21)12-10-13)27-28(7,8)20(4,5)6/h9-12,15-16H,1-8H3,(H,22,25)(H,23,24)/t15-,16-/m1/s1. The summed E-state index contributed by atoms with van der Waals surface area (Å²) in [5, 5.41) is 12.7. The van der Waals surface area contributed by atoms with Gasteiger partial charge in [0.25, 0.3) is 0 Å². The van der Waals surface area contributed by atoms with Gasteiger partial charge in [0.1, 0.15) is 11.7 Å². The molecule has 0 saturated heterocycles. The Bertz CT molecular complexity index is 692. The number of benzene rings is 1. The van der Waals surface area contributed by atoms with Gasteiger partial charge in [-0.05, 0) is 56.6 Å². The van der Waals surface area contributed by atoms with Crippen LogP contribution in [0.1, 0.15) is 53.2 Å². The molecule has 0 aliphatic heterocycles. The lowest BCUT2D eigenvalue weighted by Gasteiger charge is -2.41. The molecule has 1 aromatic rings. The summed E-state index contributed by atoms with van der Waals surface area (Å²) in [7, 11) is -2.36. The fourth-order valence-corrected chi connectivity index (χ4v) is 3.56. The van der Waals surface area contributed by atoms with Crippen molar-refractivity contribution in [1.82, 2.24) is 5.32 Å². The topological polar surface area (TPSA) is 84.9 Å². The summed E-state index contributed by atoms with van der Waals surface area (Å²) in [6.45, 7) is 15.4. The van der Waals surface area contributed by atoms with E-state index in [9.17, 15) is 14.7 Å². The normalized spacial score (nSPS) is 14.9. The predicted molar refractivity (Wildman–Crippen MR) is 113 cm³/mol. The summed E-state index contributed by atoms with van der Waals surface area (Å²) in [4.78, 5) is 24.3. The molecule has 0 aliphatic rings. The summed E-state index contributed by atoms with van der Waals surface area (Å²) in [6.07, 6.45) is -1.69. The molecular formula is C20H32ClNO5Si. The first-order valence-electron chi connectivity index (χ1n) is 9.19. The first kappa shape index (κ1) is 24.5. The van der Waals surface area contributed by atoms with E-state index >= 15 is 0 Å². The minimum atomic E-state index is -2.36. The predicted octanol–water partition coefficient (Wildman–Crippen LogP) is 5.38. The fraction of sp³-hybridized carbons (Fsp3) is 0.600. The van der Waals surface area contributed by atoms with Crippen LogP contribution in [0.25, 0.3) is 0 Å². The molecule has 0 radical (unpaired) electrons. The van der Waals surface area contributed by atoms with Crippen LogP contribution >= 0.6 is 11.6 Å². The Kier molecular flexibility index (Phi) is 7.72. The first-order chi connectivity index (χ1) is 12.5. The highest BCUT2D eigenvalue weighted by molar-refractivity contribution is 6.74. The number of amides is 1. The highest BCUT2D eigenvalue weighted by Crippen LogP contribution is 2.40. The van der Waals surface area contributed by atoms with Crippen LogP contribution in [0.2, 0.25) is 23.2 Å². The van der Waals surface area contributed by atoms with E-state index in [0.717, 1.165) is 0 Å². The van der Waals surface area contributed by atoms with Gasteiger partial charge in [-0.3, -0.25) is 0 Å². The number of carbonyl (C=O) groups is 2. The maximum atomic E-state index is 12.3. The number of carboxylic acid groups (broad SMARTS) is 1. The van der Waals surface area contributed by atoms with Crippen molar-refractivity contribution >= 4 is 32.0 Å². The minimum absolute atomic E-state index is 0.146. The monoisotopic (exact) mass is 429 g/mol. The molecule has 0 aliphatic carbocycles. The zero-order valence-corrected chi connectivity index (χ0v) is 19.7. The van der Waals surface area contributed by atoms with Crippen molar-refractivity contribution < 1.29 is 23.9 Å². The zero-order chi connectivity index (χ0) is 21.9. The Labute approximate surface area is 173 Å². The van der Waals surface area contributed by atoms with Crippen molar-refractivity contribution in [3.63, 3.8) is 0 Å². The maximum absolute atomic E-state index is 12.3. The lowest BCUT2D eigenvalue weighted by molar-refractivity contribution is -0.142. The molecular weight excluding hydrogens is 398 g/mol. The highest BCUT2D eigenvalue weighted by atomic mass is 35.5. The second kappa shape index (κ2) is 8.84. The largest absolute Gasteiger partial charge is 0.480 e. The van der Waals surface area contributed by atoms with E-state index in [-0.39, 0.29) is 5.04 Å². The quantitative estimate of drug-likeness (QED) is 0.593. The van der Waals surface area contributed by atoms with Gasteiger partial charge in [0, 0.05) is 5.02 Å². The molecule has 158 valence electrons. The van der Waals surface area contributed by atoms with Gasteiger partial charge >= 0.3 is 12.1 Å². The van der Waals surface area contributed by atoms with Gasteiger partial charge in [-0.2, -0.15) is 0 Å². The van der Waals surface area contributed by atoms with Crippen molar-refractivity contribution in [2.45, 2.75) is 77.4 Å². The molecule has 2 atom stereocenters. The molecule has 1 aromatic carbocycles. The Morgan fingerprint density at radius 2 is 1.57 bits per heavy atom. The molecule has 6 nitrogen and oxygen atoms in total. The van der Waals surface area contributed by atoms with Crippen molar-refractivity contribution in [3.05, 3.63) is 34.9 Å². The molecule has 0 unspecified atom stereocenters. The van der Waals surface area contributed by atoms with Gasteiger partial charge < -0.3 is 19.6 Å². The van der Waals surface area contributed by atoms with Crippen molar-refractivity contribution in [1.29, 1.82) is 0 Å². The second-order valence-corrected chi connectivity index (χ2v) is 14.5. The molecule has 1 amide bonds. The third kappa shape index (κ3) is 7.11. The summed E-state index contributed by atoms with van der Waals surface area (Å²) in [5.74, 6) is -1.20. The van der Waals surface area contributed by atoms with Crippen molar-refractivity contribution in [2.75, 3.05) is 0 Å². The SMILES string of the molecule is CC(C)(C)OC(=O)N[C@@H](C(=O)O)[C@H](O[Si](C)(C)C(C)(C)C)c1ccc(Cl)cc1. The average molecular weight is 430 g/mol. The van der Waals surface area contributed by atoms with E-state index in [1.165, 1.54) is 0 Å². The highest BCUT2D eigenvalue weighted by Gasteiger charge is 2.43. The molecule has 0 aromatic heterocycles. The van der Waals surface area contributed by atoms with Gasteiger partial charge in [-0.1, -0.05) is 44.5 Å². The minimum Gasteiger partial charge on any atom is -0.480 e. The van der Waals surface area contributed by atoms with Crippen LogP contribution in [0.4, 0.5) is 4.79 Å². The molecule has 0 fully saturated rings. The van der Waals surface area contributed by atoms with E-state index in [1.807, 2.05) is 13.1 Å². The Balaban J connectivity index is 3.30. The van der Waals surface area contributed by atoms with Crippen LogP contribution in [-0.2, 0) is 14.0 Å². The van der Waals surface area contributed by atoms with Crippen molar-refractivity contribution in [3.8, 4) is 0 Å².